The van der Waals surface area contributed by atoms with Crippen LogP contribution in [0.25, 0.3) is 0 Å². The highest BCUT2D eigenvalue weighted by Crippen LogP contribution is 2.14. The van der Waals surface area contributed by atoms with Crippen molar-refractivity contribution >= 4 is 5.97 Å². The number of carbonyl (C=O) groups excluding carboxylic acids is 1. The highest BCUT2D eigenvalue weighted by molar-refractivity contribution is 5.74. The van der Waals surface area contributed by atoms with Crippen LogP contribution in [-0.2, 0) is 14.3 Å². The van der Waals surface area contributed by atoms with Crippen molar-refractivity contribution in [1.82, 2.24) is 0 Å². The fourth-order valence-electron chi connectivity index (χ4n) is 4.90. The molecule has 220 valence electrons. The van der Waals surface area contributed by atoms with E-state index in [0.717, 1.165) is 25.7 Å². The summed E-state index contributed by atoms with van der Waals surface area (Å²) < 4.78 is 11.2. The topological polar surface area (TPSA) is 35.5 Å². The highest BCUT2D eigenvalue weighted by Gasteiger charge is 2.19. The molecule has 0 amide bonds. The standard InChI is InChI=1S/C34H66O3/c1-4-7-9-11-13-15-17-18-19-20-21-22-24-26-28-30-32-37-34(35)33(36-6-3)31-29-27-25-23-16-14-12-10-8-5-2/h18-19,33H,4-17,20-32H2,1-3H3/b19-18-. The Hall–Kier alpha value is -0.830. The van der Waals surface area contributed by atoms with E-state index in [4.69, 9.17) is 9.47 Å². The van der Waals surface area contributed by atoms with Crippen LogP contribution < -0.4 is 0 Å². The Morgan fingerprint density at radius 3 is 1.41 bits per heavy atom. The van der Waals surface area contributed by atoms with Gasteiger partial charge in [0, 0.05) is 6.61 Å². The summed E-state index contributed by atoms with van der Waals surface area (Å²) in [7, 11) is 0. The predicted molar refractivity (Wildman–Crippen MR) is 162 cm³/mol. The summed E-state index contributed by atoms with van der Waals surface area (Å²) in [6, 6.07) is 0. The zero-order valence-corrected chi connectivity index (χ0v) is 25.5. The molecule has 0 aromatic carbocycles. The number of ether oxygens (including phenoxy) is 2. The average molecular weight is 523 g/mol. The molecule has 0 rings (SSSR count). The fourth-order valence-corrected chi connectivity index (χ4v) is 4.90. The average Bonchev–Trinajstić information content (AvgIpc) is 2.90. The lowest BCUT2D eigenvalue weighted by molar-refractivity contribution is -0.157. The van der Waals surface area contributed by atoms with Crippen LogP contribution in [0, 0.1) is 0 Å². The zero-order valence-electron chi connectivity index (χ0n) is 25.5. The van der Waals surface area contributed by atoms with Crippen molar-refractivity contribution in [2.24, 2.45) is 0 Å². The van der Waals surface area contributed by atoms with E-state index < -0.39 is 0 Å². The second-order valence-electron chi connectivity index (χ2n) is 11.0. The second kappa shape index (κ2) is 31.4. The first-order valence-corrected chi connectivity index (χ1v) is 16.7. The summed E-state index contributed by atoms with van der Waals surface area (Å²) in [5.74, 6) is -0.148. The number of unbranched alkanes of at least 4 members (excludes halogenated alkanes) is 21. The molecule has 0 aliphatic heterocycles. The Labute approximate surface area is 232 Å². The van der Waals surface area contributed by atoms with Crippen LogP contribution in [0.2, 0.25) is 0 Å². The van der Waals surface area contributed by atoms with E-state index in [9.17, 15) is 4.79 Å². The third kappa shape index (κ3) is 28.0. The Kier molecular flexibility index (Phi) is 30.7. The first kappa shape index (κ1) is 36.2. The van der Waals surface area contributed by atoms with Crippen LogP contribution in [0.5, 0.6) is 0 Å². The van der Waals surface area contributed by atoms with Gasteiger partial charge in [-0.05, 0) is 45.4 Å². The third-order valence-corrected chi connectivity index (χ3v) is 7.35. The van der Waals surface area contributed by atoms with Crippen LogP contribution in [0.3, 0.4) is 0 Å². The maximum atomic E-state index is 12.4. The van der Waals surface area contributed by atoms with Crippen molar-refractivity contribution < 1.29 is 14.3 Å². The van der Waals surface area contributed by atoms with Gasteiger partial charge >= 0.3 is 5.97 Å². The SMILES string of the molecule is CCCCCCCC/C=C\CCCCCCCCOC(=O)C(CCCCCCCCCCCC)OCC. The molecular weight excluding hydrogens is 456 g/mol. The van der Waals surface area contributed by atoms with Gasteiger partial charge in [-0.2, -0.15) is 0 Å². The van der Waals surface area contributed by atoms with E-state index in [2.05, 4.69) is 26.0 Å². The van der Waals surface area contributed by atoms with Crippen LogP contribution in [0.15, 0.2) is 12.2 Å². The van der Waals surface area contributed by atoms with Crippen molar-refractivity contribution in [2.75, 3.05) is 13.2 Å². The Balaban J connectivity index is 3.54. The monoisotopic (exact) mass is 523 g/mol. The lowest BCUT2D eigenvalue weighted by Gasteiger charge is -2.16. The van der Waals surface area contributed by atoms with E-state index in [1.165, 1.54) is 135 Å². The first-order valence-electron chi connectivity index (χ1n) is 16.7. The van der Waals surface area contributed by atoms with Gasteiger partial charge in [-0.1, -0.05) is 148 Å². The number of carbonyl (C=O) groups is 1. The molecule has 3 nitrogen and oxygen atoms in total. The molecule has 0 N–H and O–H groups in total. The molecule has 0 spiro atoms. The van der Waals surface area contributed by atoms with Gasteiger partial charge in [-0.25, -0.2) is 4.79 Å². The zero-order chi connectivity index (χ0) is 27.1. The molecule has 0 fully saturated rings. The summed E-state index contributed by atoms with van der Waals surface area (Å²) >= 11 is 0. The predicted octanol–water partition coefficient (Wildman–Crippen LogP) is 11.3. The number of allylic oxidation sites excluding steroid dienone is 2. The molecule has 0 aliphatic rings. The molecule has 37 heavy (non-hydrogen) atoms. The van der Waals surface area contributed by atoms with Crippen LogP contribution >= 0.6 is 0 Å². The van der Waals surface area contributed by atoms with Crippen LogP contribution in [0.1, 0.15) is 181 Å². The Bertz CT molecular complexity index is 474. The van der Waals surface area contributed by atoms with E-state index in [-0.39, 0.29) is 12.1 Å². The van der Waals surface area contributed by atoms with Gasteiger partial charge in [0.15, 0.2) is 6.10 Å². The Morgan fingerprint density at radius 1 is 0.541 bits per heavy atom. The molecule has 0 saturated heterocycles. The van der Waals surface area contributed by atoms with Gasteiger partial charge in [0.25, 0.3) is 0 Å². The largest absolute Gasteiger partial charge is 0.464 e. The van der Waals surface area contributed by atoms with E-state index in [1.807, 2.05) is 6.92 Å². The smallest absolute Gasteiger partial charge is 0.335 e. The summed E-state index contributed by atoms with van der Waals surface area (Å²) in [5, 5.41) is 0. The van der Waals surface area contributed by atoms with Crippen molar-refractivity contribution in [1.29, 1.82) is 0 Å². The minimum Gasteiger partial charge on any atom is -0.464 e. The summed E-state index contributed by atoms with van der Waals surface area (Å²) in [4.78, 5) is 12.4. The van der Waals surface area contributed by atoms with E-state index >= 15 is 0 Å². The highest BCUT2D eigenvalue weighted by atomic mass is 16.6. The van der Waals surface area contributed by atoms with Gasteiger partial charge in [-0.3, -0.25) is 0 Å². The maximum absolute atomic E-state index is 12.4. The molecule has 0 heterocycles. The molecular formula is C34H66O3. The van der Waals surface area contributed by atoms with Gasteiger partial charge in [0.2, 0.25) is 0 Å². The molecule has 0 aromatic heterocycles. The van der Waals surface area contributed by atoms with Crippen molar-refractivity contribution in [2.45, 2.75) is 187 Å². The van der Waals surface area contributed by atoms with Crippen molar-refractivity contribution in [3.8, 4) is 0 Å². The lowest BCUT2D eigenvalue weighted by Crippen LogP contribution is -2.27. The maximum Gasteiger partial charge on any atom is 0.335 e. The van der Waals surface area contributed by atoms with Gasteiger partial charge in [0.05, 0.1) is 6.61 Å². The fraction of sp³-hybridized carbons (Fsp3) is 0.912. The van der Waals surface area contributed by atoms with Gasteiger partial charge in [0.1, 0.15) is 0 Å². The molecule has 0 aromatic rings. The number of hydrogen-bond donors (Lipinski definition) is 0. The quantitative estimate of drug-likeness (QED) is 0.0534. The van der Waals surface area contributed by atoms with Crippen LogP contribution in [0.4, 0.5) is 0 Å². The minimum absolute atomic E-state index is 0.148. The molecule has 0 saturated carbocycles. The Morgan fingerprint density at radius 2 is 0.946 bits per heavy atom. The molecule has 0 bridgehead atoms. The summed E-state index contributed by atoms with van der Waals surface area (Å²) in [6.07, 6.45) is 36.4. The lowest BCUT2D eigenvalue weighted by atomic mass is 10.0. The first-order chi connectivity index (χ1) is 18.3. The molecule has 1 unspecified atom stereocenters. The molecule has 3 heteroatoms. The van der Waals surface area contributed by atoms with Crippen molar-refractivity contribution in [3.63, 3.8) is 0 Å². The molecule has 0 aliphatic carbocycles. The number of esters is 1. The summed E-state index contributed by atoms with van der Waals surface area (Å²) in [5.41, 5.74) is 0. The molecule has 0 radical (unpaired) electrons. The molecule has 1 atom stereocenters. The van der Waals surface area contributed by atoms with Crippen molar-refractivity contribution in [3.05, 3.63) is 12.2 Å². The summed E-state index contributed by atoms with van der Waals surface area (Å²) in [6.45, 7) is 7.63. The van der Waals surface area contributed by atoms with Gasteiger partial charge < -0.3 is 9.47 Å². The van der Waals surface area contributed by atoms with E-state index in [1.54, 1.807) is 0 Å². The van der Waals surface area contributed by atoms with Crippen LogP contribution in [-0.4, -0.2) is 25.3 Å². The minimum atomic E-state index is -0.367. The van der Waals surface area contributed by atoms with Gasteiger partial charge in [-0.15, -0.1) is 0 Å². The third-order valence-electron chi connectivity index (χ3n) is 7.35. The number of rotatable bonds is 30. The van der Waals surface area contributed by atoms with E-state index in [0.29, 0.717) is 13.2 Å². The number of hydrogen-bond acceptors (Lipinski definition) is 3. The second-order valence-corrected chi connectivity index (χ2v) is 11.0. The normalized spacial score (nSPS) is 12.4.